The SMILES string of the molecule is Cn1ccnc(CN2CCC(n3cccn3)C2)c1=O. The lowest BCUT2D eigenvalue weighted by Gasteiger charge is -2.15. The highest BCUT2D eigenvalue weighted by Gasteiger charge is 2.24. The van der Waals surface area contributed by atoms with E-state index >= 15 is 0 Å². The summed E-state index contributed by atoms with van der Waals surface area (Å²) < 4.78 is 3.57. The molecule has 0 aliphatic carbocycles. The maximum Gasteiger partial charge on any atom is 0.273 e. The summed E-state index contributed by atoms with van der Waals surface area (Å²) in [5, 5.41) is 4.28. The Balaban J connectivity index is 1.69. The highest BCUT2D eigenvalue weighted by atomic mass is 16.1. The van der Waals surface area contributed by atoms with Crippen molar-refractivity contribution in [3.05, 3.63) is 46.9 Å². The number of nitrogens with zero attached hydrogens (tertiary/aromatic N) is 5. The van der Waals surface area contributed by atoms with E-state index in [1.807, 2.05) is 16.9 Å². The van der Waals surface area contributed by atoms with Gasteiger partial charge in [0.1, 0.15) is 5.69 Å². The standard InChI is InChI=1S/C13H17N5O/c1-16-8-5-14-12(13(16)19)10-17-7-3-11(9-17)18-6-2-4-15-18/h2,4-6,8,11H,3,7,9-10H2,1H3. The number of aromatic nitrogens is 4. The van der Waals surface area contributed by atoms with Crippen LogP contribution in [0.1, 0.15) is 18.2 Å². The average Bonchev–Trinajstić information content (AvgIpc) is 3.05. The Morgan fingerprint density at radius 2 is 2.26 bits per heavy atom. The van der Waals surface area contributed by atoms with Crippen molar-refractivity contribution in [1.29, 1.82) is 0 Å². The van der Waals surface area contributed by atoms with E-state index in [-0.39, 0.29) is 5.56 Å². The van der Waals surface area contributed by atoms with Crippen LogP contribution in [-0.4, -0.2) is 37.3 Å². The lowest BCUT2D eigenvalue weighted by molar-refractivity contribution is 0.306. The second-order valence-corrected chi connectivity index (χ2v) is 4.95. The van der Waals surface area contributed by atoms with Gasteiger partial charge < -0.3 is 4.57 Å². The van der Waals surface area contributed by atoms with E-state index in [0.717, 1.165) is 19.5 Å². The minimum absolute atomic E-state index is 0.00922. The molecule has 1 unspecified atom stereocenters. The highest BCUT2D eigenvalue weighted by Crippen LogP contribution is 2.21. The molecule has 1 atom stereocenters. The number of aryl methyl sites for hydroxylation is 1. The highest BCUT2D eigenvalue weighted by molar-refractivity contribution is 4.98. The zero-order valence-corrected chi connectivity index (χ0v) is 10.9. The fourth-order valence-corrected chi connectivity index (χ4v) is 2.54. The molecule has 0 spiro atoms. The van der Waals surface area contributed by atoms with Crippen LogP contribution in [0.5, 0.6) is 0 Å². The molecule has 6 nitrogen and oxygen atoms in total. The maximum absolute atomic E-state index is 11.9. The van der Waals surface area contributed by atoms with Gasteiger partial charge in [-0.15, -0.1) is 0 Å². The quantitative estimate of drug-likeness (QED) is 0.802. The monoisotopic (exact) mass is 259 g/mol. The minimum atomic E-state index is -0.00922. The molecule has 0 radical (unpaired) electrons. The fraction of sp³-hybridized carbons (Fsp3) is 0.462. The molecule has 0 bridgehead atoms. The summed E-state index contributed by atoms with van der Waals surface area (Å²) in [7, 11) is 1.75. The van der Waals surface area contributed by atoms with Gasteiger partial charge in [-0.1, -0.05) is 0 Å². The molecule has 3 rings (SSSR count). The molecule has 100 valence electrons. The second-order valence-electron chi connectivity index (χ2n) is 4.95. The molecule has 0 saturated carbocycles. The van der Waals surface area contributed by atoms with Gasteiger partial charge >= 0.3 is 0 Å². The predicted molar refractivity (Wildman–Crippen MR) is 70.6 cm³/mol. The first kappa shape index (κ1) is 12.1. The van der Waals surface area contributed by atoms with Gasteiger partial charge in [-0.25, -0.2) is 0 Å². The van der Waals surface area contributed by atoms with Gasteiger partial charge in [-0.05, 0) is 12.5 Å². The van der Waals surface area contributed by atoms with Gasteiger partial charge in [-0.2, -0.15) is 5.10 Å². The Kier molecular flexibility index (Phi) is 3.16. The van der Waals surface area contributed by atoms with E-state index in [4.69, 9.17) is 0 Å². The van der Waals surface area contributed by atoms with Crippen LogP contribution in [0.2, 0.25) is 0 Å². The van der Waals surface area contributed by atoms with Gasteiger partial charge in [-0.3, -0.25) is 19.4 Å². The summed E-state index contributed by atoms with van der Waals surface area (Å²) in [5.74, 6) is 0. The van der Waals surface area contributed by atoms with Gasteiger partial charge in [0.25, 0.3) is 5.56 Å². The van der Waals surface area contributed by atoms with E-state index < -0.39 is 0 Å². The van der Waals surface area contributed by atoms with Gasteiger partial charge in [0, 0.05) is 51.5 Å². The summed E-state index contributed by atoms with van der Waals surface area (Å²) in [5.41, 5.74) is 0.608. The van der Waals surface area contributed by atoms with Crippen molar-refractivity contribution in [3.8, 4) is 0 Å². The third-order valence-corrected chi connectivity index (χ3v) is 3.61. The summed E-state index contributed by atoms with van der Waals surface area (Å²) in [6.07, 6.45) is 8.22. The van der Waals surface area contributed by atoms with Crippen LogP contribution in [-0.2, 0) is 13.6 Å². The average molecular weight is 259 g/mol. The first-order valence-electron chi connectivity index (χ1n) is 6.46. The molecule has 6 heteroatoms. The van der Waals surface area contributed by atoms with Crippen molar-refractivity contribution >= 4 is 0 Å². The van der Waals surface area contributed by atoms with Crippen molar-refractivity contribution in [2.24, 2.45) is 7.05 Å². The van der Waals surface area contributed by atoms with E-state index in [1.54, 1.807) is 30.2 Å². The number of hydrogen-bond donors (Lipinski definition) is 0. The molecule has 19 heavy (non-hydrogen) atoms. The lowest BCUT2D eigenvalue weighted by Crippen LogP contribution is -2.29. The van der Waals surface area contributed by atoms with E-state index in [2.05, 4.69) is 15.0 Å². The molecular weight excluding hydrogens is 242 g/mol. The summed E-state index contributed by atoms with van der Waals surface area (Å²) >= 11 is 0. The van der Waals surface area contributed by atoms with Gasteiger partial charge in [0.05, 0.1) is 6.04 Å². The van der Waals surface area contributed by atoms with Crippen LogP contribution in [0, 0.1) is 0 Å². The Labute approximate surface area is 111 Å². The Morgan fingerprint density at radius 3 is 3.05 bits per heavy atom. The Bertz CT molecular complexity index is 604. The second kappa shape index (κ2) is 4.97. The Morgan fingerprint density at radius 1 is 1.37 bits per heavy atom. The van der Waals surface area contributed by atoms with Crippen molar-refractivity contribution < 1.29 is 0 Å². The fourth-order valence-electron chi connectivity index (χ4n) is 2.54. The van der Waals surface area contributed by atoms with E-state index in [1.165, 1.54) is 0 Å². The number of rotatable bonds is 3. The van der Waals surface area contributed by atoms with Crippen molar-refractivity contribution in [2.45, 2.75) is 19.0 Å². The van der Waals surface area contributed by atoms with E-state index in [9.17, 15) is 4.79 Å². The van der Waals surface area contributed by atoms with Crippen LogP contribution >= 0.6 is 0 Å². The summed E-state index contributed by atoms with van der Waals surface area (Å²) in [4.78, 5) is 18.4. The maximum atomic E-state index is 11.9. The first-order chi connectivity index (χ1) is 9.24. The molecule has 0 N–H and O–H groups in total. The third kappa shape index (κ3) is 2.44. The number of likely N-dealkylation sites (tertiary alicyclic amines) is 1. The zero-order chi connectivity index (χ0) is 13.2. The summed E-state index contributed by atoms with van der Waals surface area (Å²) in [6, 6.07) is 2.35. The normalized spacial score (nSPS) is 19.9. The molecule has 2 aromatic rings. The molecular formula is C13H17N5O. The van der Waals surface area contributed by atoms with Crippen molar-refractivity contribution in [3.63, 3.8) is 0 Å². The minimum Gasteiger partial charge on any atom is -0.315 e. The van der Waals surface area contributed by atoms with Crippen LogP contribution in [0.15, 0.2) is 35.6 Å². The third-order valence-electron chi connectivity index (χ3n) is 3.61. The smallest absolute Gasteiger partial charge is 0.273 e. The number of hydrogen-bond acceptors (Lipinski definition) is 4. The van der Waals surface area contributed by atoms with Gasteiger partial charge in [0.15, 0.2) is 0 Å². The first-order valence-corrected chi connectivity index (χ1v) is 6.46. The zero-order valence-electron chi connectivity index (χ0n) is 10.9. The van der Waals surface area contributed by atoms with Crippen LogP contribution < -0.4 is 5.56 Å². The van der Waals surface area contributed by atoms with Crippen LogP contribution in [0.25, 0.3) is 0 Å². The molecule has 1 fully saturated rings. The van der Waals surface area contributed by atoms with Crippen molar-refractivity contribution in [2.75, 3.05) is 13.1 Å². The summed E-state index contributed by atoms with van der Waals surface area (Å²) in [6.45, 7) is 2.51. The molecule has 2 aromatic heterocycles. The van der Waals surface area contributed by atoms with Crippen LogP contribution in [0.4, 0.5) is 0 Å². The Hall–Kier alpha value is -1.95. The van der Waals surface area contributed by atoms with E-state index in [0.29, 0.717) is 18.3 Å². The predicted octanol–water partition coefficient (Wildman–Crippen LogP) is 0.424. The molecule has 0 amide bonds. The lowest BCUT2D eigenvalue weighted by atomic mass is 10.3. The molecule has 1 aliphatic rings. The largest absolute Gasteiger partial charge is 0.315 e. The van der Waals surface area contributed by atoms with Crippen LogP contribution in [0.3, 0.4) is 0 Å². The molecule has 1 saturated heterocycles. The van der Waals surface area contributed by atoms with Crippen molar-refractivity contribution in [1.82, 2.24) is 24.2 Å². The molecule has 3 heterocycles. The molecule has 1 aliphatic heterocycles. The molecule has 0 aromatic carbocycles. The van der Waals surface area contributed by atoms with Gasteiger partial charge in [0.2, 0.25) is 0 Å². The topological polar surface area (TPSA) is 56.0 Å².